The van der Waals surface area contributed by atoms with E-state index in [0.717, 1.165) is 27.4 Å². The zero-order chi connectivity index (χ0) is 16.9. The van der Waals surface area contributed by atoms with Crippen molar-refractivity contribution in [1.82, 2.24) is 9.97 Å². The average molecular weight is 358 g/mol. The monoisotopic (exact) mass is 357 g/mol. The first-order valence-corrected chi connectivity index (χ1v) is 9.94. The number of nitrogens with one attached hydrogen (secondary N) is 2. The van der Waals surface area contributed by atoms with Crippen LogP contribution in [-0.4, -0.2) is 27.9 Å². The summed E-state index contributed by atoms with van der Waals surface area (Å²) in [4.78, 5) is 21.2. The maximum Gasteiger partial charge on any atom is 0.234 e. The van der Waals surface area contributed by atoms with Gasteiger partial charge in [0.05, 0.1) is 27.7 Å². The average Bonchev–Trinajstić information content (AvgIpc) is 3.04. The minimum atomic E-state index is 0.00413. The van der Waals surface area contributed by atoms with Gasteiger partial charge in [-0.15, -0.1) is 23.5 Å². The Kier molecular flexibility index (Phi) is 5.48. The van der Waals surface area contributed by atoms with Gasteiger partial charge in [0.1, 0.15) is 5.82 Å². The van der Waals surface area contributed by atoms with Crippen molar-refractivity contribution in [2.75, 3.05) is 17.3 Å². The normalized spacial score (nSPS) is 12.2. The van der Waals surface area contributed by atoms with Crippen LogP contribution in [0.2, 0.25) is 0 Å². The van der Waals surface area contributed by atoms with Crippen LogP contribution < -0.4 is 5.32 Å². The molecular weight excluding hydrogens is 338 g/mol. The number of nitrogens with zero attached hydrogens (tertiary/aromatic N) is 1. The number of H-pyrrole nitrogens is 1. The second-order valence-corrected chi connectivity index (χ2v) is 7.52. The maximum absolute atomic E-state index is 12.2. The number of benzene rings is 2. The molecule has 1 aromatic heterocycles. The molecule has 4 nitrogen and oxygen atoms in total. The smallest absolute Gasteiger partial charge is 0.234 e. The fourth-order valence-electron chi connectivity index (χ4n) is 2.38. The van der Waals surface area contributed by atoms with Gasteiger partial charge in [0.25, 0.3) is 0 Å². The van der Waals surface area contributed by atoms with Crippen molar-refractivity contribution in [3.63, 3.8) is 0 Å². The number of hydrogen-bond donors (Lipinski definition) is 2. The van der Waals surface area contributed by atoms with Crippen LogP contribution >= 0.6 is 23.5 Å². The highest BCUT2D eigenvalue weighted by Gasteiger charge is 2.14. The van der Waals surface area contributed by atoms with Crippen molar-refractivity contribution in [3.8, 4) is 0 Å². The van der Waals surface area contributed by atoms with Crippen molar-refractivity contribution in [3.05, 3.63) is 54.4 Å². The highest BCUT2D eigenvalue weighted by atomic mass is 32.2. The molecule has 0 aliphatic rings. The Morgan fingerprint density at radius 3 is 2.75 bits per heavy atom. The lowest BCUT2D eigenvalue weighted by molar-refractivity contribution is -0.113. The summed E-state index contributed by atoms with van der Waals surface area (Å²) in [5.74, 6) is 1.30. The Hall–Kier alpha value is -1.92. The van der Waals surface area contributed by atoms with E-state index in [-0.39, 0.29) is 11.2 Å². The van der Waals surface area contributed by atoms with E-state index in [9.17, 15) is 4.79 Å². The summed E-state index contributed by atoms with van der Waals surface area (Å²) in [6, 6.07) is 15.8. The van der Waals surface area contributed by atoms with Crippen LogP contribution in [0.3, 0.4) is 0 Å². The van der Waals surface area contributed by atoms with Gasteiger partial charge in [0, 0.05) is 4.90 Å². The van der Waals surface area contributed by atoms with Gasteiger partial charge in [-0.25, -0.2) is 4.98 Å². The van der Waals surface area contributed by atoms with Crippen molar-refractivity contribution < 1.29 is 4.79 Å². The number of fused-ring (bicyclic) bond motifs is 1. The van der Waals surface area contributed by atoms with Crippen LogP contribution in [0.5, 0.6) is 0 Å². The van der Waals surface area contributed by atoms with E-state index < -0.39 is 0 Å². The highest BCUT2D eigenvalue weighted by molar-refractivity contribution is 8.00. The molecule has 1 heterocycles. The van der Waals surface area contributed by atoms with Crippen LogP contribution in [0.4, 0.5) is 5.69 Å². The molecule has 24 heavy (non-hydrogen) atoms. The lowest BCUT2D eigenvalue weighted by atomic mass is 10.3. The molecule has 3 rings (SSSR count). The largest absolute Gasteiger partial charge is 0.341 e. The van der Waals surface area contributed by atoms with Crippen molar-refractivity contribution in [2.24, 2.45) is 0 Å². The molecule has 3 aromatic rings. The zero-order valence-electron chi connectivity index (χ0n) is 13.6. The lowest BCUT2D eigenvalue weighted by Gasteiger charge is -2.11. The number of para-hydroxylation sites is 3. The van der Waals surface area contributed by atoms with Gasteiger partial charge in [0.2, 0.25) is 5.91 Å². The SMILES string of the molecule is CSc1ccccc1NC(=O)CSC(C)c1nc2ccccc2[nH]1. The second kappa shape index (κ2) is 7.77. The number of thioether (sulfide) groups is 2. The summed E-state index contributed by atoms with van der Waals surface area (Å²) in [7, 11) is 0. The first-order valence-electron chi connectivity index (χ1n) is 7.66. The number of aromatic amines is 1. The number of imidazole rings is 1. The minimum Gasteiger partial charge on any atom is -0.341 e. The summed E-state index contributed by atoms with van der Waals surface area (Å²) < 4.78 is 0. The molecule has 0 aliphatic heterocycles. The van der Waals surface area contributed by atoms with Gasteiger partial charge in [-0.3, -0.25) is 4.79 Å². The molecule has 0 spiro atoms. The van der Waals surface area contributed by atoms with Gasteiger partial charge in [-0.05, 0) is 37.4 Å². The van der Waals surface area contributed by atoms with Gasteiger partial charge >= 0.3 is 0 Å². The van der Waals surface area contributed by atoms with Gasteiger partial charge in [-0.1, -0.05) is 24.3 Å². The van der Waals surface area contributed by atoms with Gasteiger partial charge < -0.3 is 10.3 Å². The van der Waals surface area contributed by atoms with Gasteiger partial charge in [-0.2, -0.15) is 0 Å². The molecular formula is C18H19N3OS2. The van der Waals surface area contributed by atoms with E-state index in [1.807, 2.05) is 54.8 Å². The molecule has 0 saturated heterocycles. The summed E-state index contributed by atoms with van der Waals surface area (Å²) in [5, 5.41) is 3.11. The van der Waals surface area contributed by atoms with Crippen LogP contribution in [0.25, 0.3) is 11.0 Å². The molecule has 0 bridgehead atoms. The molecule has 0 radical (unpaired) electrons. The lowest BCUT2D eigenvalue weighted by Crippen LogP contribution is -2.15. The van der Waals surface area contributed by atoms with E-state index in [2.05, 4.69) is 22.2 Å². The molecule has 1 unspecified atom stereocenters. The second-order valence-electron chi connectivity index (χ2n) is 5.34. The molecule has 0 saturated carbocycles. The van der Waals surface area contributed by atoms with Crippen LogP contribution in [-0.2, 0) is 4.79 Å². The van der Waals surface area contributed by atoms with Crippen LogP contribution in [0.1, 0.15) is 18.0 Å². The Bertz CT molecular complexity index is 814. The summed E-state index contributed by atoms with van der Waals surface area (Å²) in [5.41, 5.74) is 2.85. The van der Waals surface area contributed by atoms with Crippen LogP contribution in [0, 0.1) is 0 Å². The molecule has 6 heteroatoms. The first kappa shape index (κ1) is 16.9. The molecule has 0 aliphatic carbocycles. The Balaban J connectivity index is 1.59. The van der Waals surface area contributed by atoms with E-state index in [4.69, 9.17) is 0 Å². The molecule has 124 valence electrons. The highest BCUT2D eigenvalue weighted by Crippen LogP contribution is 2.29. The van der Waals surface area contributed by atoms with E-state index in [0.29, 0.717) is 5.75 Å². The summed E-state index contributed by atoms with van der Waals surface area (Å²) >= 11 is 3.20. The van der Waals surface area contributed by atoms with E-state index in [1.54, 1.807) is 23.5 Å². The molecule has 1 amide bonds. The quantitative estimate of drug-likeness (QED) is 0.627. The predicted octanol–water partition coefficient (Wildman–Crippen LogP) is 4.72. The third kappa shape index (κ3) is 3.94. The van der Waals surface area contributed by atoms with Gasteiger partial charge in [0.15, 0.2) is 0 Å². The third-order valence-corrected chi connectivity index (χ3v) is 5.59. The molecule has 2 N–H and O–H groups in total. The van der Waals surface area contributed by atoms with Crippen LogP contribution in [0.15, 0.2) is 53.4 Å². The molecule has 0 fully saturated rings. The zero-order valence-corrected chi connectivity index (χ0v) is 15.2. The maximum atomic E-state index is 12.2. The number of amides is 1. The topological polar surface area (TPSA) is 57.8 Å². The summed E-state index contributed by atoms with van der Waals surface area (Å²) in [6.45, 7) is 2.06. The number of aromatic nitrogens is 2. The Morgan fingerprint density at radius 1 is 1.21 bits per heavy atom. The fraction of sp³-hybridized carbons (Fsp3) is 0.222. The number of rotatable bonds is 6. The third-order valence-electron chi connectivity index (χ3n) is 3.64. The number of anilines is 1. The standard InChI is InChI=1S/C18H19N3OS2/c1-12(18-20-13-7-3-4-8-14(13)21-18)24-11-17(22)19-15-9-5-6-10-16(15)23-2/h3-10,12H,11H2,1-2H3,(H,19,22)(H,20,21). The predicted molar refractivity (Wildman–Crippen MR) is 104 cm³/mol. The Morgan fingerprint density at radius 2 is 1.96 bits per heavy atom. The van der Waals surface area contributed by atoms with E-state index in [1.165, 1.54) is 0 Å². The number of carbonyl (C=O) groups is 1. The van der Waals surface area contributed by atoms with Crippen molar-refractivity contribution >= 4 is 46.2 Å². The van der Waals surface area contributed by atoms with Crippen molar-refractivity contribution in [2.45, 2.75) is 17.1 Å². The number of carbonyl (C=O) groups excluding carboxylic acids is 1. The minimum absolute atomic E-state index is 0.00413. The van der Waals surface area contributed by atoms with Crippen molar-refractivity contribution in [1.29, 1.82) is 0 Å². The summed E-state index contributed by atoms with van der Waals surface area (Å²) in [6.07, 6.45) is 2.00. The first-order chi connectivity index (χ1) is 11.7. The van der Waals surface area contributed by atoms with E-state index >= 15 is 0 Å². The molecule has 1 atom stereocenters. The number of hydrogen-bond acceptors (Lipinski definition) is 4. The Labute approximate surface area is 149 Å². The fourth-order valence-corrected chi connectivity index (χ4v) is 3.68. The molecule has 2 aromatic carbocycles.